The van der Waals surface area contributed by atoms with Crippen LogP contribution in [0.15, 0.2) is 47.6 Å². The molecule has 4 rings (SSSR count). The van der Waals surface area contributed by atoms with Crippen molar-refractivity contribution < 1.29 is 18.3 Å². The maximum Gasteiger partial charge on any atom is 0.264 e. The summed E-state index contributed by atoms with van der Waals surface area (Å²) in [5, 5.41) is 5.71. The Morgan fingerprint density at radius 2 is 1.88 bits per heavy atom. The molecule has 2 aliphatic rings. The summed E-state index contributed by atoms with van der Waals surface area (Å²) in [6.45, 7) is 5.66. The summed E-state index contributed by atoms with van der Waals surface area (Å²) in [6.07, 6.45) is 3.87. The van der Waals surface area contributed by atoms with Crippen LogP contribution in [0, 0.1) is 12.8 Å². The first-order valence-electron chi connectivity index (χ1n) is 11.6. The Labute approximate surface area is 195 Å². The molecule has 0 radical (unpaired) electrons. The summed E-state index contributed by atoms with van der Waals surface area (Å²) in [5.74, 6) is -0.556. The van der Waals surface area contributed by atoms with Crippen LogP contribution in [-0.2, 0) is 0 Å². The van der Waals surface area contributed by atoms with Crippen LogP contribution in [0.4, 0.5) is 14.5 Å². The minimum atomic E-state index is -2.77. The summed E-state index contributed by atoms with van der Waals surface area (Å²) in [5.41, 5.74) is 3.41. The second kappa shape index (κ2) is 9.98. The van der Waals surface area contributed by atoms with Crippen molar-refractivity contribution in [3.63, 3.8) is 0 Å². The molecule has 33 heavy (non-hydrogen) atoms. The number of anilines is 1. The molecule has 2 heterocycles. The van der Waals surface area contributed by atoms with E-state index in [2.05, 4.69) is 35.1 Å². The molecular weight excluding hydrogens is 424 g/mol. The topological polar surface area (TPSA) is 37.3 Å². The third-order valence-corrected chi connectivity index (χ3v) is 6.35. The molecule has 1 saturated heterocycles. The normalized spacial score (nSPS) is 19.2. The third kappa shape index (κ3) is 6.15. The second-order valence-corrected chi connectivity index (χ2v) is 9.27. The molecular formula is C26H33F2N3O2. The van der Waals surface area contributed by atoms with Gasteiger partial charge >= 0.3 is 0 Å². The summed E-state index contributed by atoms with van der Waals surface area (Å²) in [6, 6.07) is 14.2. The van der Waals surface area contributed by atoms with Crippen LogP contribution in [0.5, 0.6) is 11.5 Å². The van der Waals surface area contributed by atoms with E-state index in [1.807, 2.05) is 24.3 Å². The Kier molecular flexibility index (Phi) is 7.05. The lowest BCUT2D eigenvalue weighted by Gasteiger charge is -2.35. The van der Waals surface area contributed by atoms with Crippen LogP contribution in [0.2, 0.25) is 0 Å². The number of benzene rings is 2. The molecule has 0 aromatic heterocycles. The number of rotatable bonds is 8. The minimum Gasteiger partial charge on any atom is -0.497 e. The van der Waals surface area contributed by atoms with E-state index in [-0.39, 0.29) is 12.5 Å². The smallest absolute Gasteiger partial charge is 0.264 e. The average Bonchev–Trinajstić information content (AvgIpc) is 3.24. The molecule has 1 atom stereocenters. The molecule has 178 valence electrons. The van der Waals surface area contributed by atoms with E-state index in [9.17, 15) is 8.78 Å². The minimum absolute atomic E-state index is 0.0179. The number of ether oxygens (including phenoxy) is 2. The molecule has 1 fully saturated rings. The highest BCUT2D eigenvalue weighted by molar-refractivity contribution is 5.75. The first-order chi connectivity index (χ1) is 15.8. The monoisotopic (exact) mass is 457 g/mol. The lowest BCUT2D eigenvalue weighted by molar-refractivity contribution is -0.0116. The van der Waals surface area contributed by atoms with Crippen LogP contribution in [-0.4, -0.2) is 57.0 Å². The van der Waals surface area contributed by atoms with Gasteiger partial charge in [-0.3, -0.25) is 5.01 Å². The van der Waals surface area contributed by atoms with E-state index in [0.29, 0.717) is 12.5 Å². The zero-order valence-electron chi connectivity index (χ0n) is 19.6. The van der Waals surface area contributed by atoms with E-state index >= 15 is 0 Å². The number of hydrazone groups is 1. The van der Waals surface area contributed by atoms with E-state index in [4.69, 9.17) is 9.47 Å². The van der Waals surface area contributed by atoms with Gasteiger partial charge in [0.05, 0.1) is 20.3 Å². The molecule has 1 unspecified atom stereocenters. The summed E-state index contributed by atoms with van der Waals surface area (Å²) < 4.78 is 38.4. The molecule has 2 aliphatic heterocycles. The largest absolute Gasteiger partial charge is 0.497 e. The lowest BCUT2D eigenvalue weighted by atomic mass is 9.93. The average molecular weight is 458 g/mol. The van der Waals surface area contributed by atoms with Gasteiger partial charge in [0.15, 0.2) is 0 Å². The van der Waals surface area contributed by atoms with Crippen molar-refractivity contribution in [3.05, 3.63) is 53.6 Å². The fourth-order valence-electron chi connectivity index (χ4n) is 4.60. The van der Waals surface area contributed by atoms with Gasteiger partial charge in [-0.15, -0.1) is 0 Å². The summed E-state index contributed by atoms with van der Waals surface area (Å²) in [4.78, 5) is 2.38. The van der Waals surface area contributed by atoms with Crippen LogP contribution in [0.1, 0.15) is 36.8 Å². The highest BCUT2D eigenvalue weighted by atomic mass is 19.3. The van der Waals surface area contributed by atoms with Gasteiger partial charge in [-0.1, -0.05) is 18.2 Å². The number of alkyl halides is 2. The Morgan fingerprint density at radius 3 is 2.58 bits per heavy atom. The van der Waals surface area contributed by atoms with E-state index in [1.54, 1.807) is 13.3 Å². The predicted octanol–water partition coefficient (Wildman–Crippen LogP) is 5.34. The Balaban J connectivity index is 1.40. The number of halogens is 2. The van der Waals surface area contributed by atoms with Crippen molar-refractivity contribution >= 4 is 11.9 Å². The Hall–Kier alpha value is -2.83. The van der Waals surface area contributed by atoms with Crippen LogP contribution < -0.4 is 14.4 Å². The van der Waals surface area contributed by atoms with Crippen molar-refractivity contribution in [2.24, 2.45) is 11.0 Å². The first kappa shape index (κ1) is 23.3. The van der Waals surface area contributed by atoms with Crippen LogP contribution in [0.3, 0.4) is 0 Å². The van der Waals surface area contributed by atoms with Crippen LogP contribution in [0.25, 0.3) is 0 Å². The molecule has 0 spiro atoms. The molecule has 0 bridgehead atoms. The van der Waals surface area contributed by atoms with Crippen molar-refractivity contribution in [2.45, 2.75) is 38.5 Å². The maximum atomic E-state index is 13.4. The second-order valence-electron chi connectivity index (χ2n) is 9.27. The van der Waals surface area contributed by atoms with Gasteiger partial charge in [-0.25, -0.2) is 8.78 Å². The van der Waals surface area contributed by atoms with Crippen molar-refractivity contribution in [3.8, 4) is 11.5 Å². The third-order valence-electron chi connectivity index (χ3n) is 6.35. The Bertz CT molecular complexity index is 968. The number of piperidine rings is 1. The summed E-state index contributed by atoms with van der Waals surface area (Å²) >= 11 is 0. The first-order valence-corrected chi connectivity index (χ1v) is 11.6. The van der Waals surface area contributed by atoms with Crippen LogP contribution >= 0.6 is 0 Å². The van der Waals surface area contributed by atoms with E-state index in [0.717, 1.165) is 62.2 Å². The van der Waals surface area contributed by atoms with Gasteiger partial charge in [0.1, 0.15) is 11.5 Å². The van der Waals surface area contributed by atoms with E-state index < -0.39 is 5.92 Å². The van der Waals surface area contributed by atoms with Crippen molar-refractivity contribution in [1.82, 2.24) is 5.01 Å². The number of aryl methyl sites for hydroxylation is 1. The molecule has 2 aromatic carbocycles. The fraction of sp³-hybridized carbons (Fsp3) is 0.500. The molecule has 2 aromatic rings. The summed E-state index contributed by atoms with van der Waals surface area (Å²) in [7, 11) is 1.66. The number of hydrogen-bond donors (Lipinski definition) is 0. The molecule has 0 N–H and O–H groups in total. The molecule has 0 saturated carbocycles. The number of hydrogen-bond acceptors (Lipinski definition) is 5. The zero-order chi connectivity index (χ0) is 23.4. The zero-order valence-corrected chi connectivity index (χ0v) is 19.6. The van der Waals surface area contributed by atoms with Gasteiger partial charge in [0.2, 0.25) is 0 Å². The SMILES string of the molecule is COc1ccc(C2C=NN(CC(C)(F)F)C2)c(N2CCC(COc3cccc(C)c3)CC2)c1. The lowest BCUT2D eigenvalue weighted by Crippen LogP contribution is -2.36. The molecule has 0 aliphatic carbocycles. The molecule has 5 nitrogen and oxygen atoms in total. The fourth-order valence-corrected chi connectivity index (χ4v) is 4.60. The van der Waals surface area contributed by atoms with Gasteiger partial charge in [-0.2, -0.15) is 5.10 Å². The Morgan fingerprint density at radius 1 is 1.09 bits per heavy atom. The van der Waals surface area contributed by atoms with E-state index in [1.165, 1.54) is 10.6 Å². The quantitative estimate of drug-likeness (QED) is 0.536. The molecule has 7 heteroatoms. The predicted molar refractivity (Wildman–Crippen MR) is 128 cm³/mol. The standard InChI is InChI=1S/C26H33F2N3O2/c1-19-5-4-6-23(13-19)33-17-20-9-11-30(12-10-20)25-14-22(32-3)7-8-24(25)21-15-29-31(16-21)18-26(2,27)28/h4-8,13-15,20-21H,9-12,16-18H2,1-3H3. The maximum absolute atomic E-state index is 13.4. The van der Waals surface area contributed by atoms with Gasteiger partial charge < -0.3 is 14.4 Å². The highest BCUT2D eigenvalue weighted by Gasteiger charge is 2.31. The van der Waals surface area contributed by atoms with Gasteiger partial charge in [0.25, 0.3) is 5.92 Å². The highest BCUT2D eigenvalue weighted by Crippen LogP contribution is 2.36. The van der Waals surface area contributed by atoms with Gasteiger partial charge in [-0.05, 0) is 55.0 Å². The van der Waals surface area contributed by atoms with Crippen molar-refractivity contribution in [1.29, 1.82) is 0 Å². The molecule has 0 amide bonds. The van der Waals surface area contributed by atoms with Gasteiger partial charge in [0, 0.05) is 50.4 Å². The number of methoxy groups -OCH3 is 1. The van der Waals surface area contributed by atoms with Crippen molar-refractivity contribution in [2.75, 3.05) is 44.8 Å². The number of nitrogens with zero attached hydrogens (tertiary/aromatic N) is 3.